The van der Waals surface area contributed by atoms with Crippen LogP contribution in [0.1, 0.15) is 28.4 Å². The summed E-state index contributed by atoms with van der Waals surface area (Å²) < 4.78 is 5.18. The molecule has 0 spiro atoms. The molecule has 0 fully saturated rings. The van der Waals surface area contributed by atoms with Gasteiger partial charge in [-0.05, 0) is 42.7 Å². The lowest BCUT2D eigenvalue weighted by molar-refractivity contribution is -0.139. The minimum Gasteiger partial charge on any atom is -0.480 e. The van der Waals surface area contributed by atoms with E-state index in [9.17, 15) is 9.59 Å². The summed E-state index contributed by atoms with van der Waals surface area (Å²) in [5.74, 6) is -1.09. The highest BCUT2D eigenvalue weighted by Gasteiger charge is 2.45. The zero-order chi connectivity index (χ0) is 17.5. The standard InChI is InChI=1S/C17H13Cl2NO4/c1-17(10-2-4-20-5-3-10)7-9-6-11(24-8-12(21)22)14(18)15(19)13(9)16(17)23/h2-6H,7-8H2,1H3,(H,21,22)/t17-/m1/s1. The van der Waals surface area contributed by atoms with E-state index in [0.717, 1.165) is 5.56 Å². The summed E-state index contributed by atoms with van der Waals surface area (Å²) in [6.07, 6.45) is 3.69. The minimum atomic E-state index is -1.12. The summed E-state index contributed by atoms with van der Waals surface area (Å²) in [6, 6.07) is 5.18. The molecule has 1 atom stereocenters. The molecule has 0 aliphatic heterocycles. The molecule has 1 aromatic carbocycles. The van der Waals surface area contributed by atoms with Crippen molar-refractivity contribution in [2.45, 2.75) is 18.8 Å². The first kappa shape index (κ1) is 16.7. The molecule has 1 aliphatic rings. The Balaban J connectivity index is 2.05. The molecule has 0 saturated carbocycles. The molecular weight excluding hydrogens is 353 g/mol. The van der Waals surface area contributed by atoms with E-state index in [2.05, 4.69) is 4.98 Å². The highest BCUT2D eigenvalue weighted by atomic mass is 35.5. The number of carboxylic acid groups (broad SMARTS) is 1. The number of aliphatic carboxylic acids is 1. The number of nitrogens with zero attached hydrogens (tertiary/aromatic N) is 1. The number of carboxylic acids is 1. The maximum absolute atomic E-state index is 13.0. The van der Waals surface area contributed by atoms with Gasteiger partial charge in [0.05, 0.1) is 10.4 Å². The van der Waals surface area contributed by atoms with Crippen molar-refractivity contribution in [3.63, 3.8) is 0 Å². The molecule has 1 aliphatic carbocycles. The summed E-state index contributed by atoms with van der Waals surface area (Å²) in [4.78, 5) is 27.6. The third-order valence-corrected chi connectivity index (χ3v) is 5.05. The van der Waals surface area contributed by atoms with Crippen LogP contribution in [0, 0.1) is 0 Å². The molecular formula is C17H13Cl2NO4. The molecule has 1 heterocycles. The van der Waals surface area contributed by atoms with Gasteiger partial charge in [-0.2, -0.15) is 0 Å². The van der Waals surface area contributed by atoms with Gasteiger partial charge < -0.3 is 9.84 Å². The SMILES string of the molecule is C[C@]1(c2ccncc2)Cc2cc(OCC(=O)O)c(Cl)c(Cl)c2C1=O. The van der Waals surface area contributed by atoms with Crippen molar-refractivity contribution in [1.29, 1.82) is 0 Å². The number of Topliss-reactive ketones (excluding diaryl/α,β-unsaturated/α-hetero) is 1. The van der Waals surface area contributed by atoms with E-state index in [1.54, 1.807) is 30.6 Å². The Labute approximate surface area is 148 Å². The monoisotopic (exact) mass is 365 g/mol. The molecule has 2 aromatic rings. The quantitative estimate of drug-likeness (QED) is 0.896. The molecule has 1 N–H and O–H groups in total. The molecule has 0 radical (unpaired) electrons. The first-order valence-corrected chi connectivity index (χ1v) is 7.91. The first-order chi connectivity index (χ1) is 11.3. The van der Waals surface area contributed by atoms with Crippen molar-refractivity contribution in [2.75, 3.05) is 6.61 Å². The van der Waals surface area contributed by atoms with Crippen LogP contribution >= 0.6 is 23.2 Å². The lowest BCUT2D eigenvalue weighted by Crippen LogP contribution is -2.29. The fraction of sp³-hybridized carbons (Fsp3) is 0.235. The average Bonchev–Trinajstić information content (AvgIpc) is 2.82. The van der Waals surface area contributed by atoms with Crippen LogP contribution < -0.4 is 4.74 Å². The highest BCUT2D eigenvalue weighted by molar-refractivity contribution is 6.45. The van der Waals surface area contributed by atoms with Crippen LogP contribution in [-0.4, -0.2) is 28.4 Å². The fourth-order valence-corrected chi connectivity index (χ4v) is 3.48. The maximum atomic E-state index is 13.0. The van der Waals surface area contributed by atoms with Crippen LogP contribution in [-0.2, 0) is 16.6 Å². The third kappa shape index (κ3) is 2.64. The number of benzene rings is 1. The van der Waals surface area contributed by atoms with E-state index in [1.807, 2.05) is 6.92 Å². The zero-order valence-electron chi connectivity index (χ0n) is 12.7. The van der Waals surface area contributed by atoms with E-state index in [-0.39, 0.29) is 21.6 Å². The summed E-state index contributed by atoms with van der Waals surface area (Å²) in [5, 5.41) is 8.88. The lowest BCUT2D eigenvalue weighted by atomic mass is 9.79. The number of ether oxygens (including phenoxy) is 1. The van der Waals surface area contributed by atoms with E-state index in [0.29, 0.717) is 17.5 Å². The van der Waals surface area contributed by atoms with Crippen LogP contribution in [0.25, 0.3) is 0 Å². The van der Waals surface area contributed by atoms with Gasteiger partial charge in [-0.15, -0.1) is 0 Å². The largest absolute Gasteiger partial charge is 0.480 e. The second-order valence-electron chi connectivity index (χ2n) is 5.79. The van der Waals surface area contributed by atoms with Gasteiger partial charge in [0.2, 0.25) is 0 Å². The Bertz CT molecular complexity index is 838. The van der Waals surface area contributed by atoms with Crippen molar-refractivity contribution >= 4 is 35.0 Å². The predicted octanol–water partition coefficient (Wildman–Crippen LogP) is 3.55. The number of ketones is 1. The number of hydrogen-bond acceptors (Lipinski definition) is 4. The van der Waals surface area contributed by atoms with Crippen molar-refractivity contribution in [2.24, 2.45) is 0 Å². The third-order valence-electron chi connectivity index (χ3n) is 4.20. The number of pyridine rings is 1. The maximum Gasteiger partial charge on any atom is 0.341 e. The Morgan fingerprint density at radius 3 is 2.62 bits per heavy atom. The van der Waals surface area contributed by atoms with Crippen LogP contribution in [0.3, 0.4) is 0 Å². The highest BCUT2D eigenvalue weighted by Crippen LogP contribution is 2.47. The van der Waals surface area contributed by atoms with Crippen LogP contribution in [0.2, 0.25) is 10.0 Å². The number of carbonyl (C=O) groups excluding carboxylic acids is 1. The molecule has 24 heavy (non-hydrogen) atoms. The topological polar surface area (TPSA) is 76.5 Å². The minimum absolute atomic E-state index is 0.0454. The van der Waals surface area contributed by atoms with E-state index >= 15 is 0 Å². The van der Waals surface area contributed by atoms with Crippen molar-refractivity contribution in [3.8, 4) is 5.75 Å². The predicted molar refractivity (Wildman–Crippen MR) is 89.2 cm³/mol. The summed E-state index contributed by atoms with van der Waals surface area (Å²) in [5.41, 5.74) is 1.11. The second kappa shape index (κ2) is 6.07. The van der Waals surface area contributed by atoms with Crippen LogP contribution in [0.5, 0.6) is 5.75 Å². The van der Waals surface area contributed by atoms with Gasteiger partial charge >= 0.3 is 5.97 Å². The van der Waals surface area contributed by atoms with Gasteiger partial charge in [-0.1, -0.05) is 23.2 Å². The van der Waals surface area contributed by atoms with Gasteiger partial charge in [0, 0.05) is 18.0 Å². The van der Waals surface area contributed by atoms with Crippen LogP contribution in [0.4, 0.5) is 0 Å². The van der Waals surface area contributed by atoms with Crippen molar-refractivity contribution < 1.29 is 19.4 Å². The number of carbonyl (C=O) groups is 2. The van der Waals surface area contributed by atoms with Gasteiger partial charge in [0.1, 0.15) is 10.8 Å². The second-order valence-corrected chi connectivity index (χ2v) is 6.55. The number of rotatable bonds is 4. The average molecular weight is 366 g/mol. The molecule has 0 bridgehead atoms. The molecule has 0 amide bonds. The Morgan fingerprint density at radius 2 is 2.00 bits per heavy atom. The number of fused-ring (bicyclic) bond motifs is 1. The Kier molecular flexibility index (Phi) is 4.24. The summed E-state index contributed by atoms with van der Waals surface area (Å²) in [6.45, 7) is 1.30. The van der Waals surface area contributed by atoms with Crippen molar-refractivity contribution in [3.05, 3.63) is 57.3 Å². The van der Waals surface area contributed by atoms with Gasteiger partial charge in [-0.3, -0.25) is 9.78 Å². The first-order valence-electron chi connectivity index (χ1n) is 7.15. The van der Waals surface area contributed by atoms with Gasteiger partial charge in [0.15, 0.2) is 12.4 Å². The number of aromatic nitrogens is 1. The number of hydrogen-bond donors (Lipinski definition) is 1. The van der Waals surface area contributed by atoms with Crippen LogP contribution in [0.15, 0.2) is 30.6 Å². The molecule has 0 unspecified atom stereocenters. The normalized spacial score (nSPS) is 19.2. The molecule has 0 saturated heterocycles. The van der Waals surface area contributed by atoms with E-state index < -0.39 is 18.0 Å². The molecule has 1 aromatic heterocycles. The zero-order valence-corrected chi connectivity index (χ0v) is 14.2. The molecule has 5 nitrogen and oxygen atoms in total. The Hall–Kier alpha value is -2.11. The van der Waals surface area contributed by atoms with Crippen molar-refractivity contribution in [1.82, 2.24) is 4.98 Å². The molecule has 3 rings (SSSR count). The molecule has 7 heteroatoms. The summed E-state index contributed by atoms with van der Waals surface area (Å²) in [7, 11) is 0. The van der Waals surface area contributed by atoms with E-state index in [1.165, 1.54) is 0 Å². The lowest BCUT2D eigenvalue weighted by Gasteiger charge is -2.22. The van der Waals surface area contributed by atoms with E-state index in [4.69, 9.17) is 33.0 Å². The summed E-state index contributed by atoms with van der Waals surface area (Å²) >= 11 is 12.4. The smallest absolute Gasteiger partial charge is 0.341 e. The Morgan fingerprint density at radius 1 is 1.33 bits per heavy atom. The van der Waals surface area contributed by atoms with Gasteiger partial charge in [0.25, 0.3) is 0 Å². The van der Waals surface area contributed by atoms with Gasteiger partial charge in [-0.25, -0.2) is 4.79 Å². The fourth-order valence-electron chi connectivity index (χ4n) is 2.97. The molecule has 124 valence electrons. The number of halogens is 2.